The Bertz CT molecular complexity index is 495. The van der Waals surface area contributed by atoms with Crippen LogP contribution in [0.3, 0.4) is 0 Å². The van der Waals surface area contributed by atoms with Crippen LogP contribution < -0.4 is 5.32 Å². The Kier molecular flexibility index (Phi) is 2.40. The molecule has 0 saturated carbocycles. The first-order valence-electron chi connectivity index (χ1n) is 6.00. The Labute approximate surface area is 95.5 Å². The molecule has 84 valence electrons. The Morgan fingerprint density at radius 3 is 2.94 bits per heavy atom. The molecule has 0 aromatic carbocycles. The zero-order valence-corrected chi connectivity index (χ0v) is 9.61. The predicted molar refractivity (Wildman–Crippen MR) is 64.8 cm³/mol. The van der Waals surface area contributed by atoms with Crippen molar-refractivity contribution in [3.63, 3.8) is 0 Å². The van der Waals surface area contributed by atoms with Crippen molar-refractivity contribution in [2.24, 2.45) is 0 Å². The Hall–Kier alpha value is -1.35. The van der Waals surface area contributed by atoms with E-state index in [0.29, 0.717) is 5.92 Å². The second-order valence-electron chi connectivity index (χ2n) is 4.54. The molecule has 0 atom stereocenters. The van der Waals surface area contributed by atoms with Crippen LogP contribution in [0.4, 0.5) is 0 Å². The molecule has 1 fully saturated rings. The lowest BCUT2D eigenvalue weighted by Crippen LogP contribution is -2.27. The molecule has 0 bridgehead atoms. The molecule has 0 spiro atoms. The van der Waals surface area contributed by atoms with Crippen molar-refractivity contribution in [3.8, 4) is 0 Å². The Balaban J connectivity index is 2.08. The minimum atomic E-state index is 0.616. The Morgan fingerprint density at radius 2 is 2.12 bits per heavy atom. The second-order valence-corrected chi connectivity index (χ2v) is 4.54. The van der Waals surface area contributed by atoms with Gasteiger partial charge in [-0.15, -0.1) is 0 Å². The molecule has 1 saturated heterocycles. The zero-order valence-electron chi connectivity index (χ0n) is 9.61. The molecule has 0 amide bonds. The molecule has 3 nitrogen and oxygen atoms in total. The van der Waals surface area contributed by atoms with Gasteiger partial charge in [-0.2, -0.15) is 0 Å². The van der Waals surface area contributed by atoms with Gasteiger partial charge in [0.1, 0.15) is 5.82 Å². The normalized spacial score (nSPS) is 18.1. The number of nitrogens with zero attached hydrogens (tertiary/aromatic N) is 2. The van der Waals surface area contributed by atoms with E-state index in [1.807, 2.05) is 0 Å². The standard InChI is InChI=1S/C13H17N3/c1-10-12-4-2-3-9-16(12)13(15-10)11-5-7-14-8-6-11/h2-4,9,11,14H,5-8H2,1H3. The van der Waals surface area contributed by atoms with Gasteiger partial charge in [-0.1, -0.05) is 6.07 Å². The molecule has 2 aromatic heterocycles. The molecule has 0 radical (unpaired) electrons. The third-order valence-electron chi connectivity index (χ3n) is 3.46. The van der Waals surface area contributed by atoms with Gasteiger partial charge in [-0.3, -0.25) is 0 Å². The van der Waals surface area contributed by atoms with Crippen LogP contribution in [-0.2, 0) is 0 Å². The van der Waals surface area contributed by atoms with Crippen molar-refractivity contribution in [3.05, 3.63) is 35.9 Å². The number of pyridine rings is 1. The topological polar surface area (TPSA) is 29.3 Å². The van der Waals surface area contributed by atoms with Crippen LogP contribution >= 0.6 is 0 Å². The van der Waals surface area contributed by atoms with E-state index >= 15 is 0 Å². The molecular formula is C13H17N3. The first-order valence-corrected chi connectivity index (χ1v) is 6.00. The van der Waals surface area contributed by atoms with Crippen LogP contribution in [0, 0.1) is 6.92 Å². The second kappa shape index (κ2) is 3.91. The number of piperidine rings is 1. The fourth-order valence-electron chi connectivity index (χ4n) is 2.59. The van der Waals surface area contributed by atoms with E-state index < -0.39 is 0 Å². The van der Waals surface area contributed by atoms with Crippen molar-refractivity contribution in [1.82, 2.24) is 14.7 Å². The maximum absolute atomic E-state index is 4.75. The van der Waals surface area contributed by atoms with E-state index in [2.05, 4.69) is 41.0 Å². The van der Waals surface area contributed by atoms with Crippen LogP contribution in [-0.4, -0.2) is 22.5 Å². The van der Waals surface area contributed by atoms with Gasteiger partial charge in [0.15, 0.2) is 0 Å². The molecule has 1 aliphatic heterocycles. The van der Waals surface area contributed by atoms with Gasteiger partial charge in [0, 0.05) is 12.1 Å². The lowest BCUT2D eigenvalue weighted by atomic mass is 9.97. The summed E-state index contributed by atoms with van der Waals surface area (Å²) < 4.78 is 2.26. The summed E-state index contributed by atoms with van der Waals surface area (Å²) in [4.78, 5) is 4.75. The van der Waals surface area contributed by atoms with Crippen molar-refractivity contribution in [1.29, 1.82) is 0 Å². The van der Waals surface area contributed by atoms with Gasteiger partial charge in [0.05, 0.1) is 11.2 Å². The van der Waals surface area contributed by atoms with Gasteiger partial charge >= 0.3 is 0 Å². The van der Waals surface area contributed by atoms with E-state index in [0.717, 1.165) is 18.8 Å². The van der Waals surface area contributed by atoms with Crippen LogP contribution in [0.5, 0.6) is 0 Å². The number of aryl methyl sites for hydroxylation is 1. The van der Waals surface area contributed by atoms with Crippen LogP contribution in [0.15, 0.2) is 24.4 Å². The highest BCUT2D eigenvalue weighted by Crippen LogP contribution is 2.26. The van der Waals surface area contributed by atoms with E-state index in [4.69, 9.17) is 4.98 Å². The maximum atomic E-state index is 4.75. The third kappa shape index (κ3) is 1.52. The van der Waals surface area contributed by atoms with Crippen LogP contribution in [0.1, 0.15) is 30.3 Å². The lowest BCUT2D eigenvalue weighted by molar-refractivity contribution is 0.444. The largest absolute Gasteiger partial charge is 0.317 e. The first kappa shape index (κ1) is 9.85. The molecule has 0 unspecified atom stereocenters. The summed E-state index contributed by atoms with van der Waals surface area (Å²) in [7, 11) is 0. The summed E-state index contributed by atoms with van der Waals surface area (Å²) in [5.74, 6) is 1.86. The number of nitrogens with one attached hydrogen (secondary N) is 1. The number of fused-ring (bicyclic) bond motifs is 1. The number of aromatic nitrogens is 2. The fraction of sp³-hybridized carbons (Fsp3) is 0.462. The van der Waals surface area contributed by atoms with Gasteiger partial charge < -0.3 is 9.72 Å². The summed E-state index contributed by atoms with van der Waals surface area (Å²) >= 11 is 0. The van der Waals surface area contributed by atoms with E-state index in [1.54, 1.807) is 0 Å². The van der Waals surface area contributed by atoms with E-state index in [9.17, 15) is 0 Å². The fourth-order valence-corrected chi connectivity index (χ4v) is 2.59. The zero-order chi connectivity index (χ0) is 11.0. The van der Waals surface area contributed by atoms with E-state index in [-0.39, 0.29) is 0 Å². The van der Waals surface area contributed by atoms with Gasteiger partial charge in [0.25, 0.3) is 0 Å². The number of imidazole rings is 1. The molecule has 1 N–H and O–H groups in total. The smallest absolute Gasteiger partial charge is 0.116 e. The van der Waals surface area contributed by atoms with Gasteiger partial charge in [0.2, 0.25) is 0 Å². The monoisotopic (exact) mass is 215 g/mol. The molecular weight excluding hydrogens is 198 g/mol. The van der Waals surface area contributed by atoms with Gasteiger partial charge in [-0.05, 0) is 45.0 Å². The molecule has 2 aromatic rings. The first-order chi connectivity index (χ1) is 7.86. The summed E-state index contributed by atoms with van der Waals surface area (Å²) in [6.07, 6.45) is 4.54. The highest BCUT2D eigenvalue weighted by atomic mass is 15.0. The van der Waals surface area contributed by atoms with Crippen LogP contribution in [0.25, 0.3) is 5.52 Å². The number of hydrogen-bond acceptors (Lipinski definition) is 2. The van der Waals surface area contributed by atoms with Gasteiger partial charge in [-0.25, -0.2) is 4.98 Å². The lowest BCUT2D eigenvalue weighted by Gasteiger charge is -2.21. The molecule has 16 heavy (non-hydrogen) atoms. The highest BCUT2D eigenvalue weighted by molar-refractivity contribution is 5.52. The molecule has 1 aliphatic rings. The summed E-state index contributed by atoms with van der Waals surface area (Å²) in [5.41, 5.74) is 2.39. The van der Waals surface area contributed by atoms with E-state index in [1.165, 1.54) is 24.2 Å². The Morgan fingerprint density at radius 1 is 1.31 bits per heavy atom. The molecule has 3 heteroatoms. The van der Waals surface area contributed by atoms with Crippen molar-refractivity contribution in [2.45, 2.75) is 25.7 Å². The predicted octanol–water partition coefficient (Wildman–Crippen LogP) is 2.11. The summed E-state index contributed by atoms with van der Waals surface area (Å²) in [6, 6.07) is 6.31. The third-order valence-corrected chi connectivity index (χ3v) is 3.46. The minimum Gasteiger partial charge on any atom is -0.317 e. The quantitative estimate of drug-likeness (QED) is 0.789. The molecule has 0 aliphatic carbocycles. The average molecular weight is 215 g/mol. The number of hydrogen-bond donors (Lipinski definition) is 1. The minimum absolute atomic E-state index is 0.616. The highest BCUT2D eigenvalue weighted by Gasteiger charge is 2.20. The summed E-state index contributed by atoms with van der Waals surface area (Å²) in [5, 5.41) is 3.40. The maximum Gasteiger partial charge on any atom is 0.116 e. The average Bonchev–Trinajstić information content (AvgIpc) is 2.69. The van der Waals surface area contributed by atoms with Crippen molar-refractivity contribution < 1.29 is 0 Å². The number of rotatable bonds is 1. The molecule has 3 rings (SSSR count). The van der Waals surface area contributed by atoms with Crippen molar-refractivity contribution >= 4 is 5.52 Å². The molecule has 3 heterocycles. The SMILES string of the molecule is Cc1nc(C2CCNCC2)n2ccccc12. The van der Waals surface area contributed by atoms with Crippen LogP contribution in [0.2, 0.25) is 0 Å². The summed E-state index contributed by atoms with van der Waals surface area (Å²) in [6.45, 7) is 4.33. The van der Waals surface area contributed by atoms with Crippen molar-refractivity contribution in [2.75, 3.05) is 13.1 Å².